The fourth-order valence-corrected chi connectivity index (χ4v) is 3.04. The lowest BCUT2D eigenvalue weighted by atomic mass is 10.0. The van der Waals surface area contributed by atoms with Gasteiger partial charge >= 0.3 is 6.03 Å². The SMILES string of the molecule is CCCCC(c1cccnc1)N(C)C(=O)Nc1cccc2nn(C)nc12. The van der Waals surface area contributed by atoms with E-state index >= 15 is 0 Å². The summed E-state index contributed by atoms with van der Waals surface area (Å²) in [7, 11) is 3.58. The molecule has 2 aromatic heterocycles. The van der Waals surface area contributed by atoms with Crippen LogP contribution in [-0.4, -0.2) is 38.0 Å². The number of hydrogen-bond acceptors (Lipinski definition) is 4. The van der Waals surface area contributed by atoms with Crippen molar-refractivity contribution in [3.63, 3.8) is 0 Å². The van der Waals surface area contributed by atoms with Crippen LogP contribution in [0.5, 0.6) is 0 Å². The van der Waals surface area contributed by atoms with Crippen molar-refractivity contribution in [3.8, 4) is 0 Å². The van der Waals surface area contributed by atoms with Crippen LogP contribution in [0.1, 0.15) is 37.8 Å². The van der Waals surface area contributed by atoms with Crippen molar-refractivity contribution in [3.05, 3.63) is 48.3 Å². The average Bonchev–Trinajstić information content (AvgIpc) is 3.04. The second-order valence-corrected chi connectivity index (χ2v) is 6.35. The Hall–Kier alpha value is -2.96. The molecule has 0 bridgehead atoms. The van der Waals surface area contributed by atoms with E-state index in [1.165, 1.54) is 4.80 Å². The van der Waals surface area contributed by atoms with E-state index in [9.17, 15) is 4.79 Å². The highest BCUT2D eigenvalue weighted by atomic mass is 16.2. The number of nitrogens with zero attached hydrogens (tertiary/aromatic N) is 5. The summed E-state index contributed by atoms with van der Waals surface area (Å²) in [5.41, 5.74) is 3.13. The van der Waals surface area contributed by atoms with Crippen LogP contribution in [0.15, 0.2) is 42.7 Å². The van der Waals surface area contributed by atoms with E-state index in [4.69, 9.17) is 0 Å². The number of pyridine rings is 1. The number of nitrogens with one attached hydrogen (secondary N) is 1. The van der Waals surface area contributed by atoms with Crippen molar-refractivity contribution in [1.82, 2.24) is 24.9 Å². The fraction of sp³-hybridized carbons (Fsp3) is 0.368. The predicted molar refractivity (Wildman–Crippen MR) is 102 cm³/mol. The predicted octanol–water partition coefficient (Wildman–Crippen LogP) is 3.76. The maximum absolute atomic E-state index is 12.9. The Morgan fingerprint density at radius 3 is 2.85 bits per heavy atom. The molecule has 0 saturated carbocycles. The van der Waals surface area contributed by atoms with Crippen molar-refractivity contribution in [2.75, 3.05) is 12.4 Å². The molecule has 0 radical (unpaired) electrons. The fourth-order valence-electron chi connectivity index (χ4n) is 3.04. The van der Waals surface area contributed by atoms with Crippen LogP contribution in [-0.2, 0) is 7.05 Å². The number of rotatable bonds is 6. The Bertz CT molecular complexity index is 876. The van der Waals surface area contributed by atoms with Crippen LogP contribution in [0.25, 0.3) is 11.0 Å². The smallest absolute Gasteiger partial charge is 0.320 e. The molecule has 0 aliphatic carbocycles. The summed E-state index contributed by atoms with van der Waals surface area (Å²) >= 11 is 0. The number of anilines is 1. The number of hydrogen-bond donors (Lipinski definition) is 1. The van der Waals surface area contributed by atoms with Gasteiger partial charge in [0.2, 0.25) is 0 Å². The van der Waals surface area contributed by atoms with Gasteiger partial charge in [0.25, 0.3) is 0 Å². The lowest BCUT2D eigenvalue weighted by Gasteiger charge is -2.28. The zero-order chi connectivity index (χ0) is 18.5. The topological polar surface area (TPSA) is 75.9 Å². The van der Waals surface area contributed by atoms with E-state index in [-0.39, 0.29) is 12.1 Å². The van der Waals surface area contributed by atoms with E-state index in [0.717, 1.165) is 30.3 Å². The molecule has 7 nitrogen and oxygen atoms in total. The molecule has 3 rings (SSSR count). The molecule has 1 N–H and O–H groups in total. The third kappa shape index (κ3) is 3.82. The minimum absolute atomic E-state index is 0.0234. The van der Waals surface area contributed by atoms with Gasteiger partial charge in [0, 0.05) is 26.5 Å². The second kappa shape index (κ2) is 7.95. The number of benzene rings is 1. The molecule has 0 fully saturated rings. The summed E-state index contributed by atoms with van der Waals surface area (Å²) < 4.78 is 0. The summed E-state index contributed by atoms with van der Waals surface area (Å²) in [5.74, 6) is 0. The van der Waals surface area contributed by atoms with Gasteiger partial charge in [-0.25, -0.2) is 4.79 Å². The highest BCUT2D eigenvalue weighted by molar-refractivity contribution is 5.98. The van der Waals surface area contributed by atoms with Gasteiger partial charge in [-0.2, -0.15) is 15.0 Å². The van der Waals surface area contributed by atoms with Crippen molar-refractivity contribution in [1.29, 1.82) is 0 Å². The molecule has 7 heteroatoms. The van der Waals surface area contributed by atoms with Crippen LogP contribution >= 0.6 is 0 Å². The molecule has 2 amide bonds. The van der Waals surface area contributed by atoms with E-state index in [1.807, 2.05) is 43.6 Å². The zero-order valence-corrected chi connectivity index (χ0v) is 15.4. The summed E-state index contributed by atoms with van der Waals surface area (Å²) in [6.45, 7) is 2.15. The number of urea groups is 1. The first kappa shape index (κ1) is 17.8. The minimum Gasteiger partial charge on any atom is -0.320 e. The van der Waals surface area contributed by atoms with E-state index in [2.05, 4.69) is 27.4 Å². The lowest BCUT2D eigenvalue weighted by Crippen LogP contribution is -2.35. The Morgan fingerprint density at radius 2 is 2.12 bits per heavy atom. The number of unbranched alkanes of at least 4 members (excludes halogenated alkanes) is 1. The summed E-state index contributed by atoms with van der Waals surface area (Å²) in [6.07, 6.45) is 6.58. The highest BCUT2D eigenvalue weighted by Crippen LogP contribution is 2.26. The minimum atomic E-state index is -0.173. The molecule has 0 aliphatic rings. The van der Waals surface area contributed by atoms with Crippen LogP contribution in [0.2, 0.25) is 0 Å². The maximum atomic E-state index is 12.9. The van der Waals surface area contributed by atoms with E-state index in [1.54, 1.807) is 18.1 Å². The van der Waals surface area contributed by atoms with E-state index in [0.29, 0.717) is 11.2 Å². The van der Waals surface area contributed by atoms with Crippen molar-refractivity contribution >= 4 is 22.8 Å². The molecule has 0 saturated heterocycles. The number of aryl methyl sites for hydroxylation is 1. The van der Waals surface area contributed by atoms with Crippen molar-refractivity contribution in [2.45, 2.75) is 32.2 Å². The molecule has 1 atom stereocenters. The van der Waals surface area contributed by atoms with Gasteiger partial charge in [0.05, 0.1) is 11.7 Å². The van der Waals surface area contributed by atoms with Crippen molar-refractivity contribution in [2.24, 2.45) is 7.05 Å². The zero-order valence-electron chi connectivity index (χ0n) is 15.4. The molecule has 0 aliphatic heterocycles. The highest BCUT2D eigenvalue weighted by Gasteiger charge is 2.22. The van der Waals surface area contributed by atoms with Crippen LogP contribution in [0, 0.1) is 0 Å². The molecule has 0 spiro atoms. The summed E-state index contributed by atoms with van der Waals surface area (Å²) in [6, 6.07) is 9.30. The second-order valence-electron chi connectivity index (χ2n) is 6.35. The lowest BCUT2D eigenvalue weighted by molar-refractivity contribution is 0.200. The summed E-state index contributed by atoms with van der Waals surface area (Å²) in [4.78, 5) is 20.3. The molecule has 26 heavy (non-hydrogen) atoms. The van der Waals surface area contributed by atoms with Crippen LogP contribution in [0.3, 0.4) is 0 Å². The first-order chi connectivity index (χ1) is 12.6. The van der Waals surface area contributed by atoms with Gasteiger partial charge in [-0.1, -0.05) is 31.9 Å². The molecule has 2 heterocycles. The number of carbonyl (C=O) groups is 1. The van der Waals surface area contributed by atoms with Gasteiger partial charge in [-0.15, -0.1) is 0 Å². The molecule has 1 unspecified atom stereocenters. The first-order valence-corrected chi connectivity index (χ1v) is 8.84. The van der Waals surface area contributed by atoms with Gasteiger partial charge in [0.15, 0.2) is 0 Å². The third-order valence-electron chi connectivity index (χ3n) is 4.44. The van der Waals surface area contributed by atoms with Gasteiger partial charge < -0.3 is 10.2 Å². The average molecular weight is 352 g/mol. The number of fused-ring (bicyclic) bond motifs is 1. The van der Waals surface area contributed by atoms with Gasteiger partial charge in [-0.05, 0) is 30.2 Å². The Morgan fingerprint density at radius 1 is 1.27 bits per heavy atom. The summed E-state index contributed by atoms with van der Waals surface area (Å²) in [5, 5.41) is 11.6. The molecular formula is C19H24N6O. The van der Waals surface area contributed by atoms with Gasteiger partial charge in [0.1, 0.15) is 11.0 Å². The molecule has 1 aromatic carbocycles. The monoisotopic (exact) mass is 352 g/mol. The standard InChI is InChI=1S/C19H24N6O/c1-4-5-11-17(14-8-7-12-20-13-14)24(2)19(26)21-15-9-6-10-16-18(15)23-25(3)22-16/h6-10,12-13,17H,4-5,11H2,1-3H3,(H,21,26). The molecule has 3 aromatic rings. The molecule has 136 valence electrons. The number of aromatic nitrogens is 4. The Labute approximate surface area is 153 Å². The third-order valence-corrected chi connectivity index (χ3v) is 4.44. The largest absolute Gasteiger partial charge is 0.322 e. The van der Waals surface area contributed by atoms with Crippen molar-refractivity contribution < 1.29 is 4.79 Å². The Balaban J connectivity index is 1.82. The van der Waals surface area contributed by atoms with Crippen LogP contribution in [0.4, 0.5) is 10.5 Å². The maximum Gasteiger partial charge on any atom is 0.322 e. The first-order valence-electron chi connectivity index (χ1n) is 8.84. The quantitative estimate of drug-likeness (QED) is 0.733. The van der Waals surface area contributed by atoms with Gasteiger partial charge in [-0.3, -0.25) is 4.98 Å². The number of amides is 2. The molecular weight excluding hydrogens is 328 g/mol. The Kier molecular flexibility index (Phi) is 5.46. The van der Waals surface area contributed by atoms with Crippen LogP contribution < -0.4 is 5.32 Å². The number of carbonyl (C=O) groups excluding carboxylic acids is 1. The van der Waals surface area contributed by atoms with E-state index < -0.39 is 0 Å². The normalized spacial score (nSPS) is 12.1.